The molecule has 9 nitrogen and oxygen atoms in total. The number of aliphatic hydroxyl groups is 2. The third-order valence-corrected chi connectivity index (χ3v) is 6.29. The number of benzene rings is 3. The number of phenolic OH excluding ortho intramolecular Hbond substituents is 2. The number of aromatic nitrogens is 1. The summed E-state index contributed by atoms with van der Waals surface area (Å²) in [5.41, 5.74) is 2.73. The Morgan fingerprint density at radius 2 is 1.73 bits per heavy atom. The number of hydrogen-bond acceptors (Lipinski definition) is 6. The number of aromatic amines is 1. The quantitative estimate of drug-likeness (QED) is 0.167. The van der Waals surface area contributed by atoms with E-state index in [0.717, 1.165) is 16.5 Å². The number of fused-ring (bicyclic) bond motifs is 1. The van der Waals surface area contributed by atoms with Gasteiger partial charge in [0.25, 0.3) is 11.8 Å². The topological polar surface area (TPSA) is 155 Å². The molecule has 1 aromatic heterocycles. The summed E-state index contributed by atoms with van der Waals surface area (Å²) in [6.07, 6.45) is 2.16. The summed E-state index contributed by atoms with van der Waals surface area (Å²) >= 11 is 6.28. The molecule has 4 rings (SSSR count). The number of H-pyrrole nitrogens is 1. The summed E-state index contributed by atoms with van der Waals surface area (Å²) in [6.45, 7) is -0.471. The van der Waals surface area contributed by atoms with E-state index in [2.05, 4.69) is 15.6 Å². The first-order chi connectivity index (χ1) is 17.8. The molecule has 10 heteroatoms. The number of para-hydroxylation sites is 1. The fourth-order valence-electron chi connectivity index (χ4n) is 4.09. The van der Waals surface area contributed by atoms with Crippen molar-refractivity contribution < 1.29 is 30.0 Å². The van der Waals surface area contributed by atoms with Crippen molar-refractivity contribution in [3.05, 3.63) is 82.5 Å². The highest BCUT2D eigenvalue weighted by atomic mass is 35.5. The number of halogens is 1. The van der Waals surface area contributed by atoms with Crippen LogP contribution in [0.2, 0.25) is 5.02 Å². The monoisotopic (exact) mass is 523 g/mol. The van der Waals surface area contributed by atoms with E-state index in [9.17, 15) is 24.9 Å². The predicted octanol–water partition coefficient (Wildman–Crippen LogP) is 2.96. The van der Waals surface area contributed by atoms with Crippen LogP contribution in [-0.4, -0.2) is 63.0 Å². The van der Waals surface area contributed by atoms with Crippen LogP contribution in [-0.2, 0) is 6.42 Å². The number of hydrogen-bond donors (Lipinski definition) is 7. The third-order valence-electron chi connectivity index (χ3n) is 5.98. The van der Waals surface area contributed by atoms with Crippen molar-refractivity contribution in [3.63, 3.8) is 0 Å². The maximum absolute atomic E-state index is 13.1. The van der Waals surface area contributed by atoms with Gasteiger partial charge in [-0.1, -0.05) is 35.9 Å². The summed E-state index contributed by atoms with van der Waals surface area (Å²) in [7, 11) is 0. The highest BCUT2D eigenvalue weighted by molar-refractivity contribution is 6.34. The first-order valence-corrected chi connectivity index (χ1v) is 11.9. The molecular formula is C27H26ClN3O6. The van der Waals surface area contributed by atoms with E-state index in [1.54, 1.807) is 6.07 Å². The number of nitrogens with one attached hydrogen (secondary N) is 3. The van der Waals surface area contributed by atoms with Gasteiger partial charge in [-0.25, -0.2) is 0 Å². The molecule has 0 spiro atoms. The van der Waals surface area contributed by atoms with Gasteiger partial charge in [-0.2, -0.15) is 0 Å². The predicted molar refractivity (Wildman–Crippen MR) is 140 cm³/mol. The standard InChI is InChI=1S/C27H26ClN3O6/c28-22-11-15(5-6-20(22)26(36)29-7-8-32)16-10-21(25(35)24(34)12-16)27(37)31-18(14-33)9-17-13-30-23-4-2-1-3-19(17)23/h1-6,10-13,18,30,32-35H,7-9,14H2,(H,29,36)(H,31,37)/t18-/m1/s1. The zero-order valence-corrected chi connectivity index (χ0v) is 20.4. The van der Waals surface area contributed by atoms with Gasteiger partial charge in [-0.05, 0) is 53.4 Å². The lowest BCUT2D eigenvalue weighted by molar-refractivity contribution is 0.0911. The van der Waals surface area contributed by atoms with Gasteiger partial charge in [0.2, 0.25) is 0 Å². The number of carbonyl (C=O) groups is 2. The van der Waals surface area contributed by atoms with Crippen LogP contribution < -0.4 is 10.6 Å². The Morgan fingerprint density at radius 1 is 0.946 bits per heavy atom. The van der Waals surface area contributed by atoms with Crippen molar-refractivity contribution in [2.75, 3.05) is 19.8 Å². The lowest BCUT2D eigenvalue weighted by atomic mass is 9.99. The lowest BCUT2D eigenvalue weighted by Crippen LogP contribution is -2.39. The van der Waals surface area contributed by atoms with Crippen molar-refractivity contribution in [1.29, 1.82) is 0 Å². The molecule has 37 heavy (non-hydrogen) atoms. The minimum Gasteiger partial charge on any atom is -0.504 e. The molecule has 0 aliphatic rings. The number of aliphatic hydroxyl groups excluding tert-OH is 2. The minimum atomic E-state index is -0.681. The van der Waals surface area contributed by atoms with Gasteiger partial charge in [-0.3, -0.25) is 9.59 Å². The molecule has 1 heterocycles. The zero-order chi connectivity index (χ0) is 26.5. The second-order valence-electron chi connectivity index (χ2n) is 8.48. The van der Waals surface area contributed by atoms with Crippen molar-refractivity contribution in [2.45, 2.75) is 12.5 Å². The maximum Gasteiger partial charge on any atom is 0.255 e. The van der Waals surface area contributed by atoms with Crippen LogP contribution >= 0.6 is 11.6 Å². The van der Waals surface area contributed by atoms with Gasteiger partial charge in [0.1, 0.15) is 0 Å². The maximum atomic E-state index is 13.1. The van der Waals surface area contributed by atoms with E-state index in [1.165, 1.54) is 24.3 Å². The number of carbonyl (C=O) groups excluding carboxylic acids is 2. The van der Waals surface area contributed by atoms with Crippen LogP contribution in [0.3, 0.4) is 0 Å². The van der Waals surface area contributed by atoms with E-state index < -0.39 is 29.4 Å². The second kappa shape index (κ2) is 11.3. The van der Waals surface area contributed by atoms with Gasteiger partial charge < -0.3 is 36.0 Å². The fourth-order valence-corrected chi connectivity index (χ4v) is 4.36. The normalized spacial score (nSPS) is 11.9. The molecule has 2 amide bonds. The molecule has 0 saturated heterocycles. The van der Waals surface area contributed by atoms with Gasteiger partial charge in [-0.15, -0.1) is 0 Å². The van der Waals surface area contributed by atoms with Crippen molar-refractivity contribution in [3.8, 4) is 22.6 Å². The molecular weight excluding hydrogens is 498 g/mol. The van der Waals surface area contributed by atoms with Crippen LogP contribution in [0.4, 0.5) is 0 Å². The van der Waals surface area contributed by atoms with Crippen LogP contribution in [0, 0.1) is 0 Å². The summed E-state index contributed by atoms with van der Waals surface area (Å²) in [5, 5.41) is 45.8. The molecule has 0 saturated carbocycles. The number of phenols is 2. The second-order valence-corrected chi connectivity index (χ2v) is 8.89. The first kappa shape index (κ1) is 26.0. The van der Waals surface area contributed by atoms with Crippen LogP contribution in [0.5, 0.6) is 11.5 Å². The van der Waals surface area contributed by atoms with E-state index in [-0.39, 0.29) is 35.9 Å². The summed E-state index contributed by atoms with van der Waals surface area (Å²) in [4.78, 5) is 28.4. The molecule has 0 bridgehead atoms. The smallest absolute Gasteiger partial charge is 0.255 e. The average molecular weight is 524 g/mol. The van der Waals surface area contributed by atoms with Gasteiger partial charge in [0.05, 0.1) is 35.4 Å². The highest BCUT2D eigenvalue weighted by Gasteiger charge is 2.21. The van der Waals surface area contributed by atoms with Gasteiger partial charge in [0.15, 0.2) is 11.5 Å². The molecule has 0 aliphatic carbocycles. The molecule has 3 aromatic carbocycles. The first-order valence-electron chi connectivity index (χ1n) is 11.5. The summed E-state index contributed by atoms with van der Waals surface area (Å²) < 4.78 is 0. The molecule has 0 fully saturated rings. The molecule has 192 valence electrons. The number of aromatic hydroxyl groups is 2. The van der Waals surface area contributed by atoms with E-state index in [0.29, 0.717) is 17.5 Å². The van der Waals surface area contributed by atoms with Crippen LogP contribution in [0.25, 0.3) is 22.0 Å². The Bertz CT molecular complexity index is 1450. The summed E-state index contributed by atoms with van der Waals surface area (Å²) in [5.74, 6) is -2.25. The zero-order valence-electron chi connectivity index (χ0n) is 19.7. The molecule has 0 aliphatic heterocycles. The Morgan fingerprint density at radius 3 is 2.46 bits per heavy atom. The van der Waals surface area contributed by atoms with E-state index >= 15 is 0 Å². The Kier molecular flexibility index (Phi) is 7.98. The third kappa shape index (κ3) is 5.69. The minimum absolute atomic E-state index is 0.0797. The largest absolute Gasteiger partial charge is 0.504 e. The summed E-state index contributed by atoms with van der Waals surface area (Å²) in [6, 6.07) is 14.3. The van der Waals surface area contributed by atoms with Gasteiger partial charge >= 0.3 is 0 Å². The lowest BCUT2D eigenvalue weighted by Gasteiger charge is -2.17. The van der Waals surface area contributed by atoms with Crippen LogP contribution in [0.15, 0.2) is 60.8 Å². The Labute approximate surface area is 217 Å². The van der Waals surface area contributed by atoms with Crippen molar-refractivity contribution >= 4 is 34.3 Å². The van der Waals surface area contributed by atoms with E-state index in [4.69, 9.17) is 16.7 Å². The highest BCUT2D eigenvalue weighted by Crippen LogP contribution is 2.36. The molecule has 1 atom stereocenters. The van der Waals surface area contributed by atoms with Crippen molar-refractivity contribution in [2.24, 2.45) is 0 Å². The molecule has 0 radical (unpaired) electrons. The van der Waals surface area contributed by atoms with E-state index in [1.807, 2.05) is 30.5 Å². The van der Waals surface area contributed by atoms with Crippen molar-refractivity contribution in [1.82, 2.24) is 15.6 Å². The molecule has 4 aromatic rings. The Balaban J connectivity index is 1.57. The Hall–Kier alpha value is -4.05. The number of rotatable bonds is 9. The fraction of sp³-hybridized carbons (Fsp3) is 0.185. The number of amides is 2. The molecule has 7 N–H and O–H groups in total. The van der Waals surface area contributed by atoms with Gasteiger partial charge in [0, 0.05) is 23.6 Å². The SMILES string of the molecule is O=C(NCCO)c1ccc(-c2cc(O)c(O)c(C(=O)N[C@@H](CO)Cc3c[nH]c4ccccc34)c2)cc1Cl. The average Bonchev–Trinajstić information content (AvgIpc) is 3.30. The van der Waals surface area contributed by atoms with Crippen LogP contribution in [0.1, 0.15) is 26.3 Å². The molecule has 0 unspecified atom stereocenters.